The summed E-state index contributed by atoms with van der Waals surface area (Å²) in [6.45, 7) is 13.7. The van der Waals surface area contributed by atoms with Gasteiger partial charge >= 0.3 is 0 Å². The molecule has 0 aliphatic heterocycles. The van der Waals surface area contributed by atoms with Crippen molar-refractivity contribution in [3.8, 4) is 0 Å². The molecule has 2 nitrogen and oxygen atoms in total. The second kappa shape index (κ2) is 6.41. The van der Waals surface area contributed by atoms with Crippen LogP contribution in [0.3, 0.4) is 0 Å². The zero-order chi connectivity index (χ0) is 11.2. The fourth-order valence-electron chi connectivity index (χ4n) is 1.38. The largest absolute Gasteiger partial charge is 0.396 e. The number of hydrogen-bond donors (Lipinski definition) is 1. The fraction of sp³-hybridized carbons (Fsp3) is 1.00. The lowest BCUT2D eigenvalue weighted by Gasteiger charge is -2.29. The van der Waals surface area contributed by atoms with E-state index in [1.165, 1.54) is 6.42 Å². The number of aliphatic hydroxyl groups excluding tert-OH is 1. The predicted molar refractivity (Wildman–Crippen MR) is 62.5 cm³/mol. The van der Waals surface area contributed by atoms with Gasteiger partial charge in [-0.05, 0) is 38.6 Å². The molecule has 0 rings (SSSR count). The summed E-state index contributed by atoms with van der Waals surface area (Å²) in [4.78, 5) is 2.45. The van der Waals surface area contributed by atoms with Crippen molar-refractivity contribution >= 4 is 0 Å². The summed E-state index contributed by atoms with van der Waals surface area (Å²) in [5, 5.41) is 8.80. The summed E-state index contributed by atoms with van der Waals surface area (Å²) in [7, 11) is 0. The lowest BCUT2D eigenvalue weighted by atomic mass is 9.92. The van der Waals surface area contributed by atoms with Gasteiger partial charge in [0.2, 0.25) is 0 Å². The summed E-state index contributed by atoms with van der Waals surface area (Å²) in [6, 6.07) is 0.587. The van der Waals surface area contributed by atoms with Crippen LogP contribution in [0.5, 0.6) is 0 Å². The summed E-state index contributed by atoms with van der Waals surface area (Å²) in [5.41, 5.74) is 0.409. The number of hydrogen-bond acceptors (Lipinski definition) is 2. The van der Waals surface area contributed by atoms with E-state index in [1.807, 2.05) is 0 Å². The van der Waals surface area contributed by atoms with Gasteiger partial charge in [0.1, 0.15) is 0 Å². The monoisotopic (exact) mass is 201 g/mol. The normalized spacial score (nSPS) is 12.9. The van der Waals surface area contributed by atoms with Gasteiger partial charge in [-0.3, -0.25) is 0 Å². The van der Waals surface area contributed by atoms with Crippen LogP contribution in [0.2, 0.25) is 0 Å². The minimum atomic E-state index is 0.304. The highest BCUT2D eigenvalue weighted by Gasteiger charge is 2.14. The molecule has 0 aromatic carbocycles. The van der Waals surface area contributed by atoms with E-state index in [9.17, 15) is 0 Å². The second-order valence-electron chi connectivity index (χ2n) is 5.52. The molecule has 0 radical (unpaired) electrons. The Bertz CT molecular complexity index is 138. The van der Waals surface area contributed by atoms with E-state index in [-0.39, 0.29) is 0 Å². The van der Waals surface area contributed by atoms with Gasteiger partial charge in [0, 0.05) is 19.2 Å². The maximum Gasteiger partial charge on any atom is 0.0443 e. The van der Waals surface area contributed by atoms with E-state index in [2.05, 4.69) is 39.5 Å². The lowest BCUT2D eigenvalue weighted by molar-refractivity contribution is 0.170. The predicted octanol–water partition coefficient (Wildman–Crippen LogP) is 2.52. The van der Waals surface area contributed by atoms with Crippen LogP contribution in [0, 0.1) is 5.41 Å². The first-order valence-electron chi connectivity index (χ1n) is 5.72. The highest BCUT2D eigenvalue weighted by atomic mass is 16.3. The van der Waals surface area contributed by atoms with Crippen molar-refractivity contribution in [2.24, 2.45) is 5.41 Å². The Hall–Kier alpha value is -0.0800. The molecule has 2 heteroatoms. The van der Waals surface area contributed by atoms with Gasteiger partial charge in [0.15, 0.2) is 0 Å². The smallest absolute Gasteiger partial charge is 0.0443 e. The van der Waals surface area contributed by atoms with Crippen molar-refractivity contribution in [2.45, 2.75) is 53.5 Å². The van der Waals surface area contributed by atoms with Crippen LogP contribution in [0.15, 0.2) is 0 Å². The molecule has 0 aromatic rings. The molecule has 1 N–H and O–H groups in total. The average Bonchev–Trinajstić information content (AvgIpc) is 2.01. The molecule has 86 valence electrons. The Morgan fingerprint density at radius 3 is 2.07 bits per heavy atom. The maximum atomic E-state index is 8.80. The molecule has 0 amide bonds. The standard InChI is InChI=1S/C12H27NO/c1-11(2)13(8-6-10-14)9-7-12(3,4)5/h11,14H,6-10H2,1-5H3. The Morgan fingerprint density at radius 2 is 1.71 bits per heavy atom. The molecule has 0 bridgehead atoms. The molecule has 0 aliphatic carbocycles. The van der Waals surface area contributed by atoms with Gasteiger partial charge in [-0.2, -0.15) is 0 Å². The van der Waals surface area contributed by atoms with Crippen molar-refractivity contribution in [2.75, 3.05) is 19.7 Å². The first kappa shape index (κ1) is 13.9. The molecule has 0 unspecified atom stereocenters. The molecule has 0 saturated heterocycles. The lowest BCUT2D eigenvalue weighted by Crippen LogP contribution is -2.34. The van der Waals surface area contributed by atoms with Crippen LogP contribution in [0.4, 0.5) is 0 Å². The topological polar surface area (TPSA) is 23.5 Å². The summed E-state index contributed by atoms with van der Waals surface area (Å²) in [6.07, 6.45) is 2.11. The zero-order valence-electron chi connectivity index (χ0n) is 10.5. The molecule has 14 heavy (non-hydrogen) atoms. The van der Waals surface area contributed by atoms with Gasteiger partial charge in [-0.15, -0.1) is 0 Å². The van der Waals surface area contributed by atoms with E-state index < -0.39 is 0 Å². The Balaban J connectivity index is 3.85. The number of aliphatic hydroxyl groups is 1. The second-order valence-corrected chi connectivity index (χ2v) is 5.52. The fourth-order valence-corrected chi connectivity index (χ4v) is 1.38. The van der Waals surface area contributed by atoms with Crippen LogP contribution < -0.4 is 0 Å². The van der Waals surface area contributed by atoms with Crippen LogP contribution in [0.25, 0.3) is 0 Å². The van der Waals surface area contributed by atoms with Crippen LogP contribution >= 0.6 is 0 Å². The van der Waals surface area contributed by atoms with E-state index >= 15 is 0 Å². The number of nitrogens with zero attached hydrogens (tertiary/aromatic N) is 1. The van der Waals surface area contributed by atoms with Gasteiger partial charge in [-0.25, -0.2) is 0 Å². The zero-order valence-corrected chi connectivity index (χ0v) is 10.5. The van der Waals surface area contributed by atoms with E-state index in [0.717, 1.165) is 19.5 Å². The maximum absolute atomic E-state index is 8.80. The number of rotatable bonds is 6. The SMILES string of the molecule is CC(C)N(CCCO)CCC(C)(C)C. The summed E-state index contributed by atoms with van der Waals surface area (Å²) >= 11 is 0. The van der Waals surface area contributed by atoms with Crippen molar-refractivity contribution in [1.82, 2.24) is 4.90 Å². The molecule has 0 aromatic heterocycles. The van der Waals surface area contributed by atoms with E-state index in [4.69, 9.17) is 5.11 Å². The van der Waals surface area contributed by atoms with Gasteiger partial charge in [0.05, 0.1) is 0 Å². The molecule has 0 saturated carbocycles. The summed E-state index contributed by atoms with van der Waals surface area (Å²) < 4.78 is 0. The minimum absolute atomic E-state index is 0.304. The Kier molecular flexibility index (Phi) is 6.38. The third kappa shape index (κ3) is 7.34. The highest BCUT2D eigenvalue weighted by molar-refractivity contribution is 4.68. The summed E-state index contributed by atoms with van der Waals surface area (Å²) in [5.74, 6) is 0. The van der Waals surface area contributed by atoms with Gasteiger partial charge in [-0.1, -0.05) is 20.8 Å². The Labute approximate surface area is 89.3 Å². The van der Waals surface area contributed by atoms with Gasteiger partial charge < -0.3 is 10.0 Å². The van der Waals surface area contributed by atoms with E-state index in [0.29, 0.717) is 18.1 Å². The molecule has 0 aliphatic rings. The first-order chi connectivity index (χ1) is 6.37. The molecule has 0 fully saturated rings. The molecule has 0 heterocycles. The third-order valence-electron chi connectivity index (χ3n) is 2.48. The third-order valence-corrected chi connectivity index (χ3v) is 2.48. The molecular formula is C12H27NO. The Morgan fingerprint density at radius 1 is 1.14 bits per heavy atom. The highest BCUT2D eigenvalue weighted by Crippen LogP contribution is 2.19. The van der Waals surface area contributed by atoms with Crippen molar-refractivity contribution in [1.29, 1.82) is 0 Å². The van der Waals surface area contributed by atoms with Gasteiger partial charge in [0.25, 0.3) is 0 Å². The molecule has 0 atom stereocenters. The first-order valence-corrected chi connectivity index (χ1v) is 5.72. The van der Waals surface area contributed by atoms with Crippen molar-refractivity contribution in [3.63, 3.8) is 0 Å². The van der Waals surface area contributed by atoms with Crippen molar-refractivity contribution in [3.05, 3.63) is 0 Å². The van der Waals surface area contributed by atoms with Crippen molar-refractivity contribution < 1.29 is 5.11 Å². The van der Waals surface area contributed by atoms with Crippen LogP contribution in [-0.2, 0) is 0 Å². The molecule has 0 spiro atoms. The minimum Gasteiger partial charge on any atom is -0.396 e. The molecular weight excluding hydrogens is 174 g/mol. The van der Waals surface area contributed by atoms with Crippen LogP contribution in [0.1, 0.15) is 47.5 Å². The van der Waals surface area contributed by atoms with Crippen LogP contribution in [-0.4, -0.2) is 35.7 Å². The average molecular weight is 201 g/mol. The van der Waals surface area contributed by atoms with E-state index in [1.54, 1.807) is 0 Å². The quantitative estimate of drug-likeness (QED) is 0.714.